The van der Waals surface area contributed by atoms with Gasteiger partial charge in [-0.2, -0.15) is 0 Å². The third kappa shape index (κ3) is 3.50. The Hall–Kier alpha value is -1.39. The molecule has 0 radical (unpaired) electrons. The van der Waals surface area contributed by atoms with Crippen LogP contribution >= 0.6 is 0 Å². The van der Waals surface area contributed by atoms with Crippen molar-refractivity contribution in [3.63, 3.8) is 0 Å². The number of carbonyl (C=O) groups is 1. The van der Waals surface area contributed by atoms with E-state index >= 15 is 0 Å². The molecule has 120 valence electrons. The predicted octanol–water partition coefficient (Wildman–Crippen LogP) is 1.49. The van der Waals surface area contributed by atoms with Gasteiger partial charge in [-0.05, 0) is 31.5 Å². The molecule has 4 nitrogen and oxygen atoms in total. The van der Waals surface area contributed by atoms with Crippen molar-refractivity contribution in [1.29, 1.82) is 0 Å². The van der Waals surface area contributed by atoms with Crippen molar-refractivity contribution in [1.82, 2.24) is 15.1 Å². The van der Waals surface area contributed by atoms with E-state index in [2.05, 4.69) is 53.2 Å². The maximum Gasteiger partial charge on any atom is 0.225 e. The summed E-state index contributed by atoms with van der Waals surface area (Å²) in [5, 5.41) is 3.26. The lowest BCUT2D eigenvalue weighted by Crippen LogP contribution is -2.54. The van der Waals surface area contributed by atoms with Crippen molar-refractivity contribution in [3.05, 3.63) is 35.4 Å². The third-order valence-corrected chi connectivity index (χ3v) is 5.08. The number of hydrogen-bond donors (Lipinski definition) is 1. The summed E-state index contributed by atoms with van der Waals surface area (Å²) in [4.78, 5) is 17.0. The molecule has 2 aliphatic rings. The molecule has 3 rings (SSSR count). The number of hydrogen-bond acceptors (Lipinski definition) is 3. The number of benzene rings is 1. The number of nitrogens with one attached hydrogen (secondary N) is 1. The zero-order valence-corrected chi connectivity index (χ0v) is 13.7. The minimum absolute atomic E-state index is 0.171. The van der Waals surface area contributed by atoms with Gasteiger partial charge in [0.15, 0.2) is 0 Å². The number of amides is 1. The molecule has 1 amide bonds. The van der Waals surface area contributed by atoms with E-state index < -0.39 is 0 Å². The van der Waals surface area contributed by atoms with E-state index in [1.54, 1.807) is 0 Å². The first-order chi connectivity index (χ1) is 10.6. The standard InChI is InChI=1S/C18H27N3O/c1-14-4-3-5-16(10-14)13-20-6-8-21(9-7-20)18(22)15(2)17-11-19-12-17/h3-5,10,15,17,19H,6-9,11-13H2,1-2H3. The van der Waals surface area contributed by atoms with Crippen LogP contribution in [0.4, 0.5) is 0 Å². The van der Waals surface area contributed by atoms with E-state index in [9.17, 15) is 4.79 Å². The number of carbonyl (C=O) groups excluding carboxylic acids is 1. The molecule has 1 aromatic carbocycles. The Labute approximate surface area is 133 Å². The summed E-state index contributed by atoms with van der Waals surface area (Å²) in [5.41, 5.74) is 2.68. The van der Waals surface area contributed by atoms with Crippen molar-refractivity contribution in [3.8, 4) is 0 Å². The lowest BCUT2D eigenvalue weighted by Gasteiger charge is -2.39. The number of nitrogens with zero attached hydrogens (tertiary/aromatic N) is 2. The van der Waals surface area contributed by atoms with Crippen LogP contribution in [-0.4, -0.2) is 55.0 Å². The van der Waals surface area contributed by atoms with Crippen molar-refractivity contribution in [2.45, 2.75) is 20.4 Å². The smallest absolute Gasteiger partial charge is 0.225 e. The van der Waals surface area contributed by atoms with E-state index in [1.165, 1.54) is 11.1 Å². The van der Waals surface area contributed by atoms with Gasteiger partial charge >= 0.3 is 0 Å². The molecule has 2 aliphatic heterocycles. The molecule has 0 saturated carbocycles. The lowest BCUT2D eigenvalue weighted by atomic mass is 9.88. The fraction of sp³-hybridized carbons (Fsp3) is 0.611. The second-order valence-electron chi connectivity index (χ2n) is 6.80. The van der Waals surface area contributed by atoms with Gasteiger partial charge < -0.3 is 10.2 Å². The Kier molecular flexibility index (Phi) is 4.79. The fourth-order valence-corrected chi connectivity index (χ4v) is 3.35. The van der Waals surface area contributed by atoms with Crippen molar-refractivity contribution >= 4 is 5.91 Å². The molecule has 0 aliphatic carbocycles. The summed E-state index contributed by atoms with van der Waals surface area (Å²) >= 11 is 0. The topological polar surface area (TPSA) is 35.6 Å². The van der Waals surface area contributed by atoms with Crippen molar-refractivity contribution < 1.29 is 4.79 Å². The van der Waals surface area contributed by atoms with Crippen molar-refractivity contribution in [2.75, 3.05) is 39.3 Å². The number of rotatable bonds is 4. The molecular formula is C18H27N3O. The van der Waals surface area contributed by atoms with Crippen LogP contribution in [0.3, 0.4) is 0 Å². The first-order valence-electron chi connectivity index (χ1n) is 8.41. The molecule has 2 heterocycles. The van der Waals surface area contributed by atoms with Crippen LogP contribution in [0, 0.1) is 18.8 Å². The van der Waals surface area contributed by atoms with Crippen LogP contribution in [0.1, 0.15) is 18.1 Å². The molecule has 0 bridgehead atoms. The number of piperazine rings is 1. The molecule has 2 saturated heterocycles. The highest BCUT2D eigenvalue weighted by Crippen LogP contribution is 2.19. The van der Waals surface area contributed by atoms with Gasteiger partial charge in [0.25, 0.3) is 0 Å². The molecule has 22 heavy (non-hydrogen) atoms. The van der Waals surface area contributed by atoms with Crippen LogP contribution in [0.25, 0.3) is 0 Å². The molecular weight excluding hydrogens is 274 g/mol. The average Bonchev–Trinajstić information content (AvgIpc) is 2.45. The fourth-order valence-electron chi connectivity index (χ4n) is 3.35. The van der Waals surface area contributed by atoms with Gasteiger partial charge in [-0.1, -0.05) is 36.8 Å². The van der Waals surface area contributed by atoms with Crippen molar-refractivity contribution in [2.24, 2.45) is 11.8 Å². The van der Waals surface area contributed by atoms with Gasteiger partial charge in [0.05, 0.1) is 0 Å². The zero-order chi connectivity index (χ0) is 15.5. The summed E-state index contributed by atoms with van der Waals surface area (Å²) in [5.74, 6) is 1.06. The van der Waals surface area contributed by atoms with Crippen LogP contribution in [0.5, 0.6) is 0 Å². The Morgan fingerprint density at radius 1 is 1.27 bits per heavy atom. The summed E-state index contributed by atoms with van der Waals surface area (Å²) in [7, 11) is 0. The molecule has 1 aromatic rings. The van der Waals surface area contributed by atoms with E-state index in [4.69, 9.17) is 0 Å². The highest BCUT2D eigenvalue weighted by molar-refractivity contribution is 5.79. The summed E-state index contributed by atoms with van der Waals surface area (Å²) in [6, 6.07) is 8.70. The van der Waals surface area contributed by atoms with Crippen LogP contribution in [0.2, 0.25) is 0 Å². The Balaban J connectivity index is 1.48. The first kappa shape index (κ1) is 15.5. The van der Waals surface area contributed by atoms with Gasteiger partial charge in [0.2, 0.25) is 5.91 Å². The van der Waals surface area contributed by atoms with Gasteiger partial charge in [-0.3, -0.25) is 9.69 Å². The highest BCUT2D eigenvalue weighted by Gasteiger charge is 2.32. The average molecular weight is 301 g/mol. The molecule has 0 spiro atoms. The normalized spacial score (nSPS) is 21.5. The molecule has 0 aromatic heterocycles. The minimum atomic E-state index is 0.171. The second kappa shape index (κ2) is 6.80. The largest absolute Gasteiger partial charge is 0.340 e. The predicted molar refractivity (Wildman–Crippen MR) is 88.6 cm³/mol. The van der Waals surface area contributed by atoms with Gasteiger partial charge in [-0.15, -0.1) is 0 Å². The summed E-state index contributed by atoms with van der Waals surface area (Å²) < 4.78 is 0. The maximum absolute atomic E-state index is 12.5. The first-order valence-corrected chi connectivity index (χ1v) is 8.41. The maximum atomic E-state index is 12.5. The van der Waals surface area contributed by atoms with Gasteiger partial charge in [-0.25, -0.2) is 0 Å². The van der Waals surface area contributed by atoms with Crippen LogP contribution in [-0.2, 0) is 11.3 Å². The van der Waals surface area contributed by atoms with Crippen LogP contribution < -0.4 is 5.32 Å². The van der Waals surface area contributed by atoms with Crippen LogP contribution in [0.15, 0.2) is 24.3 Å². The summed E-state index contributed by atoms with van der Waals surface area (Å²) in [6.07, 6.45) is 0. The highest BCUT2D eigenvalue weighted by atomic mass is 16.2. The monoisotopic (exact) mass is 301 g/mol. The Morgan fingerprint density at radius 2 is 2.00 bits per heavy atom. The Morgan fingerprint density at radius 3 is 2.59 bits per heavy atom. The molecule has 2 fully saturated rings. The SMILES string of the molecule is Cc1cccc(CN2CCN(C(=O)C(C)C3CNC3)CC2)c1. The second-order valence-corrected chi connectivity index (χ2v) is 6.80. The molecule has 1 N–H and O–H groups in total. The van der Waals surface area contributed by atoms with E-state index in [1.807, 2.05) is 0 Å². The zero-order valence-electron chi connectivity index (χ0n) is 13.7. The van der Waals surface area contributed by atoms with Gasteiger partial charge in [0, 0.05) is 38.6 Å². The molecule has 1 unspecified atom stereocenters. The molecule has 4 heteroatoms. The Bertz CT molecular complexity index is 519. The third-order valence-electron chi connectivity index (χ3n) is 5.08. The van der Waals surface area contributed by atoms with Gasteiger partial charge in [0.1, 0.15) is 0 Å². The van der Waals surface area contributed by atoms with E-state index in [0.717, 1.165) is 45.8 Å². The molecule has 1 atom stereocenters. The number of aryl methyl sites for hydroxylation is 1. The summed E-state index contributed by atoms with van der Waals surface area (Å²) in [6.45, 7) is 10.9. The van der Waals surface area contributed by atoms with E-state index in [0.29, 0.717) is 11.8 Å². The quantitative estimate of drug-likeness (QED) is 0.915. The minimum Gasteiger partial charge on any atom is -0.340 e. The lowest BCUT2D eigenvalue weighted by molar-refractivity contribution is -0.139. The van der Waals surface area contributed by atoms with E-state index in [-0.39, 0.29) is 5.92 Å².